The highest BCUT2D eigenvalue weighted by Crippen LogP contribution is 2.38. The van der Waals surface area contributed by atoms with Crippen molar-refractivity contribution >= 4 is 22.6 Å². The quantitative estimate of drug-likeness (QED) is 0.711. The molecule has 0 radical (unpaired) electrons. The number of nitrogens with one attached hydrogen (secondary N) is 2. The molecule has 1 aromatic heterocycles. The first kappa shape index (κ1) is 17.0. The van der Waals surface area contributed by atoms with E-state index in [1.165, 1.54) is 32.1 Å². The molecule has 28 heavy (non-hydrogen) atoms. The van der Waals surface area contributed by atoms with E-state index in [1.54, 1.807) is 12.4 Å². The van der Waals surface area contributed by atoms with Crippen molar-refractivity contribution in [3.63, 3.8) is 0 Å². The first-order chi connectivity index (χ1) is 13.8. The van der Waals surface area contributed by atoms with Crippen LogP contribution in [0.15, 0.2) is 66.6 Å². The third-order valence-electron chi connectivity index (χ3n) is 5.84. The highest BCUT2D eigenvalue weighted by atomic mass is 16.2. The second-order valence-electron chi connectivity index (χ2n) is 7.70. The second kappa shape index (κ2) is 7.15. The molecule has 1 saturated carbocycles. The van der Waals surface area contributed by atoms with E-state index in [-0.39, 0.29) is 11.9 Å². The standard InChI is InChI=1S/C23H24N4O/c28-22-14-21(26-17-9-5-2-6-10-17)23(16-7-3-1-4-8-16)27(22)18-11-12-19-20(13-18)25-15-24-19/h1,3-4,7-8,11-15,17,23,26H,2,5-6,9-10H2,(H,24,25). The van der Waals surface area contributed by atoms with Crippen LogP contribution in [0, 0.1) is 0 Å². The molecule has 5 heteroatoms. The molecule has 0 spiro atoms. The van der Waals surface area contributed by atoms with Gasteiger partial charge in [-0.2, -0.15) is 0 Å². The lowest BCUT2D eigenvalue weighted by molar-refractivity contribution is -0.113. The molecule has 0 saturated heterocycles. The Morgan fingerprint density at radius 1 is 1.04 bits per heavy atom. The SMILES string of the molecule is O=C1C=C(NC2CCCCC2)C(c2ccccc2)N1c1ccc2nc[nH]c2c1. The monoisotopic (exact) mass is 372 g/mol. The highest BCUT2D eigenvalue weighted by molar-refractivity contribution is 6.06. The van der Waals surface area contributed by atoms with Gasteiger partial charge in [-0.15, -0.1) is 0 Å². The van der Waals surface area contributed by atoms with Gasteiger partial charge in [0.05, 0.1) is 17.4 Å². The molecule has 1 amide bonds. The summed E-state index contributed by atoms with van der Waals surface area (Å²) in [6.07, 6.45) is 9.64. The lowest BCUT2D eigenvalue weighted by Crippen LogP contribution is -2.36. The van der Waals surface area contributed by atoms with Gasteiger partial charge in [0.2, 0.25) is 0 Å². The lowest BCUT2D eigenvalue weighted by atomic mass is 9.94. The molecule has 2 N–H and O–H groups in total. The van der Waals surface area contributed by atoms with Gasteiger partial charge in [-0.05, 0) is 36.6 Å². The molecule has 1 aliphatic carbocycles. The Balaban J connectivity index is 1.52. The minimum absolute atomic E-state index is 0.0195. The van der Waals surface area contributed by atoms with Gasteiger partial charge < -0.3 is 10.3 Å². The van der Waals surface area contributed by atoms with Crippen LogP contribution in [0.2, 0.25) is 0 Å². The molecular weight excluding hydrogens is 348 g/mol. The number of H-pyrrole nitrogens is 1. The van der Waals surface area contributed by atoms with Crippen molar-refractivity contribution in [1.29, 1.82) is 0 Å². The van der Waals surface area contributed by atoms with E-state index < -0.39 is 0 Å². The van der Waals surface area contributed by atoms with Crippen LogP contribution in [0.4, 0.5) is 5.69 Å². The Kier molecular flexibility index (Phi) is 4.35. The maximum Gasteiger partial charge on any atom is 0.253 e. The molecule has 0 bridgehead atoms. The largest absolute Gasteiger partial charge is 0.383 e. The van der Waals surface area contributed by atoms with Crippen LogP contribution in [0.5, 0.6) is 0 Å². The average Bonchev–Trinajstić information content (AvgIpc) is 3.32. The fourth-order valence-electron chi connectivity index (χ4n) is 4.46. The van der Waals surface area contributed by atoms with Gasteiger partial charge >= 0.3 is 0 Å². The number of hydrogen-bond donors (Lipinski definition) is 2. The molecule has 1 fully saturated rings. The number of carbonyl (C=O) groups excluding carboxylic acids is 1. The van der Waals surface area contributed by atoms with E-state index in [1.807, 2.05) is 41.3 Å². The van der Waals surface area contributed by atoms with E-state index in [4.69, 9.17) is 0 Å². The Hall–Kier alpha value is -3.08. The summed E-state index contributed by atoms with van der Waals surface area (Å²) in [6.45, 7) is 0. The summed E-state index contributed by atoms with van der Waals surface area (Å²) in [5.41, 5.74) is 4.85. The maximum absolute atomic E-state index is 13.1. The number of fused-ring (bicyclic) bond motifs is 1. The molecular formula is C23H24N4O. The van der Waals surface area contributed by atoms with Crippen molar-refractivity contribution in [3.8, 4) is 0 Å². The molecule has 5 nitrogen and oxygen atoms in total. The van der Waals surface area contributed by atoms with Crippen molar-refractivity contribution in [1.82, 2.24) is 15.3 Å². The number of benzene rings is 2. The molecule has 2 heterocycles. The molecule has 2 aliphatic rings. The number of anilines is 1. The van der Waals surface area contributed by atoms with Gasteiger partial charge in [0, 0.05) is 23.5 Å². The summed E-state index contributed by atoms with van der Waals surface area (Å²) in [5, 5.41) is 3.71. The smallest absolute Gasteiger partial charge is 0.253 e. The summed E-state index contributed by atoms with van der Waals surface area (Å²) in [7, 11) is 0. The molecule has 5 rings (SSSR count). The number of carbonyl (C=O) groups is 1. The maximum atomic E-state index is 13.1. The van der Waals surface area contributed by atoms with Crippen LogP contribution < -0.4 is 10.2 Å². The highest BCUT2D eigenvalue weighted by Gasteiger charge is 2.36. The second-order valence-corrected chi connectivity index (χ2v) is 7.70. The van der Waals surface area contributed by atoms with Gasteiger partial charge in [-0.3, -0.25) is 9.69 Å². The summed E-state index contributed by atoms with van der Waals surface area (Å²) >= 11 is 0. The molecule has 142 valence electrons. The summed E-state index contributed by atoms with van der Waals surface area (Å²) in [4.78, 5) is 22.4. The van der Waals surface area contributed by atoms with Gasteiger partial charge in [0.15, 0.2) is 0 Å². The molecule has 2 aromatic carbocycles. The summed E-state index contributed by atoms with van der Waals surface area (Å²) in [6, 6.07) is 16.6. The van der Waals surface area contributed by atoms with E-state index in [0.717, 1.165) is 28.0 Å². The van der Waals surface area contributed by atoms with Gasteiger partial charge in [-0.1, -0.05) is 49.6 Å². The zero-order valence-corrected chi connectivity index (χ0v) is 15.8. The number of imidazole rings is 1. The first-order valence-electron chi connectivity index (χ1n) is 10.1. The zero-order chi connectivity index (χ0) is 18.9. The van der Waals surface area contributed by atoms with Gasteiger partial charge in [-0.25, -0.2) is 4.98 Å². The normalized spacial score (nSPS) is 20.6. The lowest BCUT2D eigenvalue weighted by Gasteiger charge is -2.31. The molecule has 1 unspecified atom stereocenters. The van der Waals surface area contributed by atoms with Crippen molar-refractivity contribution < 1.29 is 4.79 Å². The van der Waals surface area contributed by atoms with Crippen LogP contribution in [0.25, 0.3) is 11.0 Å². The van der Waals surface area contributed by atoms with Crippen molar-refractivity contribution in [3.05, 3.63) is 72.2 Å². The number of aromatic amines is 1. The van der Waals surface area contributed by atoms with E-state index >= 15 is 0 Å². The topological polar surface area (TPSA) is 61.0 Å². The van der Waals surface area contributed by atoms with E-state index in [9.17, 15) is 4.79 Å². The van der Waals surface area contributed by atoms with Gasteiger partial charge in [0.1, 0.15) is 6.04 Å². The van der Waals surface area contributed by atoms with Crippen molar-refractivity contribution in [2.45, 2.75) is 44.2 Å². The average molecular weight is 372 g/mol. The number of amides is 1. The number of rotatable bonds is 4. The third-order valence-corrected chi connectivity index (χ3v) is 5.84. The number of aromatic nitrogens is 2. The summed E-state index contributed by atoms with van der Waals surface area (Å²) in [5.74, 6) is 0.0195. The Morgan fingerprint density at radius 2 is 1.86 bits per heavy atom. The molecule has 3 aromatic rings. The Labute approximate surface area is 164 Å². The molecule has 1 aliphatic heterocycles. The predicted octanol–water partition coefficient (Wildman–Crippen LogP) is 4.46. The Morgan fingerprint density at radius 3 is 2.68 bits per heavy atom. The zero-order valence-electron chi connectivity index (χ0n) is 15.8. The van der Waals surface area contributed by atoms with Crippen molar-refractivity contribution in [2.24, 2.45) is 0 Å². The first-order valence-corrected chi connectivity index (χ1v) is 10.1. The Bertz CT molecular complexity index is 1020. The van der Waals surface area contributed by atoms with Crippen molar-refractivity contribution in [2.75, 3.05) is 4.90 Å². The minimum atomic E-state index is -0.129. The van der Waals surface area contributed by atoms with Gasteiger partial charge in [0.25, 0.3) is 5.91 Å². The third kappa shape index (κ3) is 3.07. The fourth-order valence-corrected chi connectivity index (χ4v) is 4.46. The number of nitrogens with zero attached hydrogens (tertiary/aromatic N) is 2. The summed E-state index contributed by atoms with van der Waals surface area (Å²) < 4.78 is 0. The minimum Gasteiger partial charge on any atom is -0.383 e. The van der Waals surface area contributed by atoms with Crippen LogP contribution >= 0.6 is 0 Å². The van der Waals surface area contributed by atoms with Crippen LogP contribution in [-0.4, -0.2) is 21.9 Å². The number of hydrogen-bond acceptors (Lipinski definition) is 3. The predicted molar refractivity (Wildman–Crippen MR) is 111 cm³/mol. The fraction of sp³-hybridized carbons (Fsp3) is 0.304. The van der Waals surface area contributed by atoms with Crippen LogP contribution in [-0.2, 0) is 4.79 Å². The van der Waals surface area contributed by atoms with Crippen LogP contribution in [0.1, 0.15) is 43.7 Å². The van der Waals surface area contributed by atoms with E-state index in [0.29, 0.717) is 6.04 Å². The molecule has 1 atom stereocenters. The van der Waals surface area contributed by atoms with E-state index in [2.05, 4.69) is 27.4 Å². The van der Waals surface area contributed by atoms with Crippen LogP contribution in [0.3, 0.4) is 0 Å².